The van der Waals surface area contributed by atoms with Crippen LogP contribution in [0.1, 0.15) is 28.7 Å². The highest BCUT2D eigenvalue weighted by Crippen LogP contribution is 2.20. The molecular formula is C16H19FN4O5S. The molecule has 3 N–H and O–H groups in total. The molecule has 11 heteroatoms. The highest BCUT2D eigenvalue weighted by molar-refractivity contribution is 7.89. The van der Waals surface area contributed by atoms with Gasteiger partial charge in [0.1, 0.15) is 10.7 Å². The number of nitrogens with zero attached hydrogens (tertiary/aromatic N) is 2. The van der Waals surface area contributed by atoms with E-state index in [1.54, 1.807) is 14.0 Å². The smallest absolute Gasteiger partial charge is 0.335 e. The molecule has 146 valence electrons. The van der Waals surface area contributed by atoms with E-state index in [9.17, 15) is 22.4 Å². The molecule has 1 atom stereocenters. The number of aromatic nitrogens is 2. The van der Waals surface area contributed by atoms with Gasteiger partial charge in [-0.1, -0.05) is 0 Å². The fourth-order valence-corrected chi connectivity index (χ4v) is 4.12. The third-order valence-electron chi connectivity index (χ3n) is 3.91. The van der Waals surface area contributed by atoms with Crippen molar-refractivity contribution in [3.63, 3.8) is 0 Å². The highest BCUT2D eigenvalue weighted by atomic mass is 32.2. The standard InChI is InChI=1S/C16H19FN4O5S/c1-8-14(10(3)21(4)19-8)27(25,26)20-9(2)15(22)18-13-7-11(16(23)24)5-6-12(13)17/h5-7,9,20H,1-4H3,(H,18,22)(H,23,24). The van der Waals surface area contributed by atoms with E-state index in [1.807, 2.05) is 0 Å². The maximum atomic E-state index is 13.8. The van der Waals surface area contributed by atoms with Gasteiger partial charge in [-0.05, 0) is 39.0 Å². The molecule has 0 saturated carbocycles. The molecule has 0 saturated heterocycles. The van der Waals surface area contributed by atoms with Crippen LogP contribution in [0.5, 0.6) is 0 Å². The number of amides is 1. The van der Waals surface area contributed by atoms with Crippen molar-refractivity contribution in [3.8, 4) is 0 Å². The van der Waals surface area contributed by atoms with E-state index in [-0.39, 0.29) is 21.8 Å². The van der Waals surface area contributed by atoms with Crippen LogP contribution in [-0.4, -0.2) is 41.2 Å². The number of carbonyl (C=O) groups excluding carboxylic acids is 1. The summed E-state index contributed by atoms with van der Waals surface area (Å²) in [5.74, 6) is -2.98. The van der Waals surface area contributed by atoms with Gasteiger partial charge in [0.2, 0.25) is 15.9 Å². The fraction of sp³-hybridized carbons (Fsp3) is 0.312. The molecule has 2 rings (SSSR count). The number of carboxylic acid groups (broad SMARTS) is 1. The molecule has 9 nitrogen and oxygen atoms in total. The molecule has 2 aromatic rings. The second-order valence-electron chi connectivity index (χ2n) is 5.96. The van der Waals surface area contributed by atoms with E-state index in [1.165, 1.54) is 18.5 Å². The van der Waals surface area contributed by atoms with Gasteiger partial charge >= 0.3 is 5.97 Å². The predicted octanol–water partition coefficient (Wildman–Crippen LogP) is 1.18. The zero-order valence-corrected chi connectivity index (χ0v) is 15.9. The fourth-order valence-electron chi connectivity index (χ4n) is 2.48. The lowest BCUT2D eigenvalue weighted by atomic mass is 10.2. The van der Waals surface area contributed by atoms with E-state index in [4.69, 9.17) is 5.11 Å². The number of carboxylic acids is 1. The molecule has 0 spiro atoms. The summed E-state index contributed by atoms with van der Waals surface area (Å²) >= 11 is 0. The summed E-state index contributed by atoms with van der Waals surface area (Å²) in [5, 5.41) is 15.2. The lowest BCUT2D eigenvalue weighted by Gasteiger charge is -2.15. The molecule has 0 fully saturated rings. The van der Waals surface area contributed by atoms with Gasteiger partial charge in [-0.15, -0.1) is 0 Å². The molecule has 1 amide bonds. The maximum absolute atomic E-state index is 13.8. The van der Waals surface area contributed by atoms with Gasteiger partial charge in [0.25, 0.3) is 0 Å². The van der Waals surface area contributed by atoms with Crippen molar-refractivity contribution in [2.45, 2.75) is 31.7 Å². The number of benzene rings is 1. The zero-order chi connectivity index (χ0) is 20.5. The van der Waals surface area contributed by atoms with Crippen LogP contribution in [0.15, 0.2) is 23.1 Å². The van der Waals surface area contributed by atoms with Crippen LogP contribution in [0, 0.1) is 19.7 Å². The molecule has 1 aromatic carbocycles. The van der Waals surface area contributed by atoms with Crippen LogP contribution >= 0.6 is 0 Å². The Bertz CT molecular complexity index is 1020. The summed E-state index contributed by atoms with van der Waals surface area (Å²) in [6.45, 7) is 4.39. The van der Waals surface area contributed by atoms with Gasteiger partial charge in [0, 0.05) is 7.05 Å². The Labute approximate surface area is 155 Å². The van der Waals surface area contributed by atoms with Crippen LogP contribution in [0.4, 0.5) is 10.1 Å². The zero-order valence-electron chi connectivity index (χ0n) is 15.1. The van der Waals surface area contributed by atoms with Gasteiger partial charge in [0.05, 0.1) is 28.7 Å². The molecule has 0 radical (unpaired) electrons. The average Bonchev–Trinajstić information content (AvgIpc) is 2.81. The summed E-state index contributed by atoms with van der Waals surface area (Å²) in [6, 6.07) is 1.65. The number of anilines is 1. The third-order valence-corrected chi connectivity index (χ3v) is 5.70. The molecular weight excluding hydrogens is 379 g/mol. The van der Waals surface area contributed by atoms with Gasteiger partial charge < -0.3 is 10.4 Å². The van der Waals surface area contributed by atoms with Crippen molar-refractivity contribution >= 4 is 27.6 Å². The first kappa shape index (κ1) is 20.5. The van der Waals surface area contributed by atoms with Crippen LogP contribution in [0.25, 0.3) is 0 Å². The average molecular weight is 398 g/mol. The molecule has 0 aliphatic carbocycles. The molecule has 1 unspecified atom stereocenters. The van der Waals surface area contributed by atoms with Crippen molar-refractivity contribution in [1.29, 1.82) is 0 Å². The Morgan fingerprint density at radius 1 is 1.30 bits per heavy atom. The normalized spacial score (nSPS) is 12.6. The predicted molar refractivity (Wildman–Crippen MR) is 94.5 cm³/mol. The van der Waals surface area contributed by atoms with E-state index >= 15 is 0 Å². The largest absolute Gasteiger partial charge is 0.478 e. The van der Waals surface area contributed by atoms with E-state index in [0.717, 1.165) is 18.2 Å². The second-order valence-corrected chi connectivity index (χ2v) is 7.61. The number of nitrogens with one attached hydrogen (secondary N) is 2. The molecule has 1 aromatic heterocycles. The maximum Gasteiger partial charge on any atom is 0.335 e. The quantitative estimate of drug-likeness (QED) is 0.670. The summed E-state index contributed by atoms with van der Waals surface area (Å²) < 4.78 is 42.6. The summed E-state index contributed by atoms with van der Waals surface area (Å²) in [5.41, 5.74) is 0.0874. The summed E-state index contributed by atoms with van der Waals surface area (Å²) in [6.07, 6.45) is 0. The van der Waals surface area contributed by atoms with Gasteiger partial charge in [0.15, 0.2) is 0 Å². The van der Waals surface area contributed by atoms with Crippen LogP contribution < -0.4 is 10.0 Å². The van der Waals surface area contributed by atoms with Gasteiger partial charge in [-0.3, -0.25) is 9.48 Å². The van der Waals surface area contributed by atoms with E-state index in [2.05, 4.69) is 15.1 Å². The number of sulfonamides is 1. The van der Waals surface area contributed by atoms with Crippen molar-refractivity contribution in [1.82, 2.24) is 14.5 Å². The molecule has 0 aliphatic heterocycles. The number of halogens is 1. The SMILES string of the molecule is Cc1nn(C)c(C)c1S(=O)(=O)NC(C)C(=O)Nc1cc(C(=O)O)ccc1F. The molecule has 27 heavy (non-hydrogen) atoms. The number of hydrogen-bond acceptors (Lipinski definition) is 5. The first-order valence-electron chi connectivity index (χ1n) is 7.80. The van der Waals surface area contributed by atoms with Crippen molar-refractivity contribution in [2.24, 2.45) is 7.05 Å². The van der Waals surface area contributed by atoms with E-state index < -0.39 is 33.8 Å². The summed E-state index contributed by atoms with van der Waals surface area (Å²) in [4.78, 5) is 23.2. The Hall–Kier alpha value is -2.79. The number of carbonyl (C=O) groups is 2. The van der Waals surface area contributed by atoms with Crippen LogP contribution in [0.2, 0.25) is 0 Å². The third kappa shape index (κ3) is 4.31. The first-order chi connectivity index (χ1) is 12.4. The number of rotatable bonds is 6. The van der Waals surface area contributed by atoms with E-state index in [0.29, 0.717) is 5.69 Å². The van der Waals surface area contributed by atoms with Crippen molar-refractivity contribution in [2.75, 3.05) is 5.32 Å². The number of aromatic carboxylic acids is 1. The minimum atomic E-state index is -4.05. The lowest BCUT2D eigenvalue weighted by molar-refractivity contribution is -0.117. The van der Waals surface area contributed by atoms with Gasteiger partial charge in [-0.2, -0.15) is 9.82 Å². The van der Waals surface area contributed by atoms with Crippen LogP contribution in [0.3, 0.4) is 0 Å². The molecule has 0 bridgehead atoms. The Balaban J connectivity index is 2.21. The minimum absolute atomic E-state index is 0.0382. The van der Waals surface area contributed by atoms with Crippen LogP contribution in [-0.2, 0) is 21.9 Å². The summed E-state index contributed by atoms with van der Waals surface area (Å²) in [7, 11) is -2.46. The lowest BCUT2D eigenvalue weighted by Crippen LogP contribution is -2.42. The second kappa shape index (κ2) is 7.45. The molecule has 1 heterocycles. The van der Waals surface area contributed by atoms with Crippen molar-refractivity contribution < 1.29 is 27.5 Å². The first-order valence-corrected chi connectivity index (χ1v) is 9.28. The Morgan fingerprint density at radius 3 is 2.44 bits per heavy atom. The highest BCUT2D eigenvalue weighted by Gasteiger charge is 2.28. The number of aryl methyl sites for hydroxylation is 2. The Morgan fingerprint density at radius 2 is 1.93 bits per heavy atom. The van der Waals surface area contributed by atoms with Crippen molar-refractivity contribution in [3.05, 3.63) is 41.0 Å². The monoisotopic (exact) mass is 398 g/mol. The number of hydrogen-bond donors (Lipinski definition) is 3. The van der Waals surface area contributed by atoms with Gasteiger partial charge in [-0.25, -0.2) is 17.6 Å². The molecule has 0 aliphatic rings. The Kier molecular flexibility index (Phi) is 5.66. The minimum Gasteiger partial charge on any atom is -0.478 e. The topological polar surface area (TPSA) is 130 Å².